The Balaban J connectivity index is 2.27. The van der Waals surface area contributed by atoms with Crippen molar-refractivity contribution in [2.24, 2.45) is 5.73 Å². The molecular formula is C12H18N2O2. The molecule has 1 amide bonds. The van der Waals surface area contributed by atoms with Gasteiger partial charge in [-0.05, 0) is 32.3 Å². The molecule has 0 radical (unpaired) electrons. The van der Waals surface area contributed by atoms with Crippen LogP contribution in [0.4, 0.5) is 0 Å². The number of hydrogen-bond donors (Lipinski definition) is 2. The lowest BCUT2D eigenvalue weighted by Crippen LogP contribution is -2.17. The maximum atomic E-state index is 10.8. The third kappa shape index (κ3) is 1.97. The molecule has 0 saturated heterocycles. The van der Waals surface area contributed by atoms with Crippen LogP contribution in [0.1, 0.15) is 42.3 Å². The molecule has 88 valence electrons. The van der Waals surface area contributed by atoms with Crippen molar-refractivity contribution < 1.29 is 9.90 Å². The molecule has 1 aliphatic carbocycles. The lowest BCUT2D eigenvalue weighted by atomic mass is 9.95. The molecule has 0 aliphatic heterocycles. The molecule has 0 fully saturated rings. The average Bonchev–Trinajstić information content (AvgIpc) is 2.53. The van der Waals surface area contributed by atoms with E-state index in [0.717, 1.165) is 30.5 Å². The van der Waals surface area contributed by atoms with Crippen molar-refractivity contribution in [3.05, 3.63) is 23.0 Å². The standard InChI is InChI=1S/C12H18N2O2/c1-8-7-9-10(3-2-4-11(9)15)14(8)6-5-12(13)16/h7,11,15H,2-6H2,1H3,(H2,13,16). The van der Waals surface area contributed by atoms with Crippen LogP contribution in [-0.2, 0) is 17.8 Å². The van der Waals surface area contributed by atoms with E-state index in [-0.39, 0.29) is 12.0 Å². The Morgan fingerprint density at radius 2 is 2.44 bits per heavy atom. The van der Waals surface area contributed by atoms with Crippen LogP contribution >= 0.6 is 0 Å². The summed E-state index contributed by atoms with van der Waals surface area (Å²) in [6.07, 6.45) is 2.86. The number of carbonyl (C=O) groups is 1. The Morgan fingerprint density at radius 3 is 3.12 bits per heavy atom. The molecular weight excluding hydrogens is 204 g/mol. The Labute approximate surface area is 95.1 Å². The van der Waals surface area contributed by atoms with Crippen molar-refractivity contribution in [1.82, 2.24) is 4.57 Å². The quantitative estimate of drug-likeness (QED) is 0.802. The maximum absolute atomic E-state index is 10.8. The average molecular weight is 222 g/mol. The molecule has 2 rings (SSSR count). The summed E-state index contributed by atoms with van der Waals surface area (Å²) >= 11 is 0. The maximum Gasteiger partial charge on any atom is 0.219 e. The highest BCUT2D eigenvalue weighted by Gasteiger charge is 2.22. The van der Waals surface area contributed by atoms with Gasteiger partial charge in [-0.2, -0.15) is 0 Å². The van der Waals surface area contributed by atoms with Crippen molar-refractivity contribution >= 4 is 5.91 Å². The molecule has 0 spiro atoms. The Hall–Kier alpha value is -1.29. The molecule has 3 N–H and O–H groups in total. The fourth-order valence-corrected chi connectivity index (χ4v) is 2.47. The van der Waals surface area contributed by atoms with Crippen LogP contribution in [0.15, 0.2) is 6.07 Å². The molecule has 1 atom stereocenters. The summed E-state index contributed by atoms with van der Waals surface area (Å²) in [5.74, 6) is -0.279. The third-order valence-corrected chi connectivity index (χ3v) is 3.28. The van der Waals surface area contributed by atoms with Gasteiger partial charge in [0.05, 0.1) is 6.10 Å². The van der Waals surface area contributed by atoms with Gasteiger partial charge in [-0.3, -0.25) is 4.79 Å². The number of nitrogens with two attached hydrogens (primary N) is 1. The summed E-state index contributed by atoms with van der Waals surface area (Å²) in [5, 5.41) is 9.87. The zero-order valence-corrected chi connectivity index (χ0v) is 9.57. The summed E-state index contributed by atoms with van der Waals surface area (Å²) in [4.78, 5) is 10.8. The number of rotatable bonds is 3. The third-order valence-electron chi connectivity index (χ3n) is 3.28. The number of fused-ring (bicyclic) bond motifs is 1. The van der Waals surface area contributed by atoms with E-state index in [1.165, 1.54) is 5.69 Å². The van der Waals surface area contributed by atoms with Crippen LogP contribution in [0.3, 0.4) is 0 Å². The van der Waals surface area contributed by atoms with Crippen LogP contribution in [-0.4, -0.2) is 15.6 Å². The number of aliphatic hydroxyl groups is 1. The highest BCUT2D eigenvalue weighted by molar-refractivity contribution is 5.73. The number of aromatic nitrogens is 1. The van der Waals surface area contributed by atoms with Crippen LogP contribution in [0.25, 0.3) is 0 Å². The normalized spacial score (nSPS) is 19.5. The van der Waals surface area contributed by atoms with Gasteiger partial charge in [0.25, 0.3) is 0 Å². The zero-order chi connectivity index (χ0) is 11.7. The van der Waals surface area contributed by atoms with Gasteiger partial charge in [0.15, 0.2) is 0 Å². The van der Waals surface area contributed by atoms with Gasteiger partial charge in [0, 0.05) is 29.9 Å². The van der Waals surface area contributed by atoms with E-state index in [0.29, 0.717) is 13.0 Å². The first-order valence-electron chi connectivity index (χ1n) is 5.75. The summed E-state index contributed by atoms with van der Waals surface area (Å²) in [6.45, 7) is 2.63. The van der Waals surface area contributed by atoms with E-state index in [4.69, 9.17) is 5.73 Å². The van der Waals surface area contributed by atoms with Gasteiger partial charge < -0.3 is 15.4 Å². The molecule has 4 nitrogen and oxygen atoms in total. The molecule has 4 heteroatoms. The number of aliphatic hydroxyl groups excluding tert-OH is 1. The molecule has 1 heterocycles. The minimum atomic E-state index is -0.336. The predicted octanol–water partition coefficient (Wildman–Crippen LogP) is 1.04. The SMILES string of the molecule is Cc1cc2c(n1CCC(N)=O)CCCC2O. The number of nitrogens with zero attached hydrogens (tertiary/aromatic N) is 1. The van der Waals surface area contributed by atoms with Crippen LogP contribution in [0.2, 0.25) is 0 Å². The fourth-order valence-electron chi connectivity index (χ4n) is 2.47. The minimum Gasteiger partial charge on any atom is -0.388 e. The number of carbonyl (C=O) groups excluding carboxylic acids is 1. The summed E-state index contributed by atoms with van der Waals surface area (Å²) < 4.78 is 2.11. The van der Waals surface area contributed by atoms with Gasteiger partial charge in [-0.25, -0.2) is 0 Å². The minimum absolute atomic E-state index is 0.279. The summed E-state index contributed by atoms with van der Waals surface area (Å²) in [5.41, 5.74) is 8.48. The van der Waals surface area contributed by atoms with Crippen molar-refractivity contribution in [3.63, 3.8) is 0 Å². The van der Waals surface area contributed by atoms with E-state index in [1.807, 2.05) is 13.0 Å². The second-order valence-corrected chi connectivity index (χ2v) is 4.46. The molecule has 0 aromatic carbocycles. The molecule has 1 aromatic heterocycles. The monoisotopic (exact) mass is 222 g/mol. The topological polar surface area (TPSA) is 68.2 Å². The molecule has 1 aliphatic rings. The highest BCUT2D eigenvalue weighted by atomic mass is 16.3. The Bertz CT molecular complexity index is 409. The molecule has 0 saturated carbocycles. The largest absolute Gasteiger partial charge is 0.388 e. The van der Waals surface area contributed by atoms with Crippen molar-refractivity contribution in [2.75, 3.05) is 0 Å². The van der Waals surface area contributed by atoms with Gasteiger partial charge >= 0.3 is 0 Å². The van der Waals surface area contributed by atoms with Crippen molar-refractivity contribution in [3.8, 4) is 0 Å². The van der Waals surface area contributed by atoms with Gasteiger partial charge in [0.1, 0.15) is 0 Å². The smallest absolute Gasteiger partial charge is 0.219 e. The van der Waals surface area contributed by atoms with Crippen LogP contribution in [0, 0.1) is 6.92 Å². The Kier molecular flexibility index (Phi) is 3.01. The predicted molar refractivity (Wildman–Crippen MR) is 60.9 cm³/mol. The number of primary amides is 1. The first-order chi connectivity index (χ1) is 7.59. The lowest BCUT2D eigenvalue weighted by molar-refractivity contribution is -0.118. The second-order valence-electron chi connectivity index (χ2n) is 4.46. The number of hydrogen-bond acceptors (Lipinski definition) is 2. The molecule has 1 aromatic rings. The number of amides is 1. The van der Waals surface area contributed by atoms with Gasteiger partial charge in [0.2, 0.25) is 5.91 Å². The second kappa shape index (κ2) is 4.29. The molecule has 16 heavy (non-hydrogen) atoms. The van der Waals surface area contributed by atoms with E-state index < -0.39 is 0 Å². The van der Waals surface area contributed by atoms with E-state index in [2.05, 4.69) is 4.57 Å². The van der Waals surface area contributed by atoms with Crippen LogP contribution < -0.4 is 5.73 Å². The first kappa shape index (κ1) is 11.2. The van der Waals surface area contributed by atoms with Crippen LogP contribution in [0.5, 0.6) is 0 Å². The summed E-state index contributed by atoms with van der Waals surface area (Å²) in [6, 6.07) is 2.03. The first-order valence-corrected chi connectivity index (χ1v) is 5.75. The highest BCUT2D eigenvalue weighted by Crippen LogP contribution is 2.32. The summed E-state index contributed by atoms with van der Waals surface area (Å²) in [7, 11) is 0. The number of aryl methyl sites for hydroxylation is 1. The lowest BCUT2D eigenvalue weighted by Gasteiger charge is -2.20. The van der Waals surface area contributed by atoms with E-state index in [9.17, 15) is 9.90 Å². The Morgan fingerprint density at radius 1 is 1.69 bits per heavy atom. The van der Waals surface area contributed by atoms with Crippen molar-refractivity contribution in [1.29, 1.82) is 0 Å². The zero-order valence-electron chi connectivity index (χ0n) is 9.57. The fraction of sp³-hybridized carbons (Fsp3) is 0.583. The van der Waals surface area contributed by atoms with Gasteiger partial charge in [-0.15, -0.1) is 0 Å². The molecule has 1 unspecified atom stereocenters. The van der Waals surface area contributed by atoms with Gasteiger partial charge in [-0.1, -0.05) is 0 Å². The van der Waals surface area contributed by atoms with Crippen molar-refractivity contribution in [2.45, 2.75) is 45.3 Å². The van der Waals surface area contributed by atoms with E-state index in [1.54, 1.807) is 0 Å². The molecule has 0 bridgehead atoms. The van der Waals surface area contributed by atoms with E-state index >= 15 is 0 Å².